The van der Waals surface area contributed by atoms with Crippen molar-refractivity contribution in [3.8, 4) is 0 Å². The Labute approximate surface area is 108 Å². The maximum atomic E-state index is 11.7. The smallest absolute Gasteiger partial charge is 0.225 e. The number of carbonyl (C=O) groups is 2. The molecule has 5 nitrogen and oxygen atoms in total. The summed E-state index contributed by atoms with van der Waals surface area (Å²) in [5, 5.41) is 11.0. The third kappa shape index (κ3) is 3.04. The van der Waals surface area contributed by atoms with Crippen LogP contribution in [0.1, 0.15) is 28.1 Å². The molecule has 0 aliphatic heterocycles. The van der Waals surface area contributed by atoms with Gasteiger partial charge in [0.25, 0.3) is 0 Å². The Morgan fingerprint density at radius 2 is 2.28 bits per heavy atom. The first-order valence-corrected chi connectivity index (χ1v) is 6.41. The van der Waals surface area contributed by atoms with Crippen LogP contribution in [0.15, 0.2) is 23.7 Å². The number of ketones is 1. The summed E-state index contributed by atoms with van der Waals surface area (Å²) < 4.78 is 0. The van der Waals surface area contributed by atoms with Crippen molar-refractivity contribution in [1.82, 2.24) is 10.2 Å². The van der Waals surface area contributed by atoms with E-state index in [1.165, 1.54) is 11.3 Å². The summed E-state index contributed by atoms with van der Waals surface area (Å²) >= 11 is 1.39. The van der Waals surface area contributed by atoms with Gasteiger partial charge in [-0.1, -0.05) is 6.07 Å². The fraction of sp³-hybridized carbons (Fsp3) is 0.250. The third-order valence-electron chi connectivity index (χ3n) is 2.47. The number of aromatic nitrogens is 2. The number of thiophene rings is 1. The fourth-order valence-corrected chi connectivity index (χ4v) is 2.16. The van der Waals surface area contributed by atoms with E-state index in [1.807, 2.05) is 18.4 Å². The molecule has 0 aliphatic carbocycles. The van der Waals surface area contributed by atoms with Gasteiger partial charge in [-0.15, -0.1) is 11.3 Å². The molecule has 0 aliphatic rings. The lowest BCUT2D eigenvalue weighted by atomic mass is 10.2. The molecule has 0 saturated carbocycles. The van der Waals surface area contributed by atoms with Crippen LogP contribution in [0.5, 0.6) is 0 Å². The van der Waals surface area contributed by atoms with E-state index in [0.29, 0.717) is 10.7 Å². The van der Waals surface area contributed by atoms with Crippen molar-refractivity contribution in [3.05, 3.63) is 34.2 Å². The van der Waals surface area contributed by atoms with Crippen molar-refractivity contribution in [2.45, 2.75) is 19.8 Å². The Morgan fingerprint density at radius 1 is 1.44 bits per heavy atom. The van der Waals surface area contributed by atoms with Gasteiger partial charge in [-0.25, -0.2) is 0 Å². The van der Waals surface area contributed by atoms with E-state index in [2.05, 4.69) is 15.5 Å². The number of nitrogens with zero attached hydrogens (tertiary/aromatic N) is 1. The summed E-state index contributed by atoms with van der Waals surface area (Å²) in [4.78, 5) is 24.0. The minimum Gasteiger partial charge on any atom is -0.311 e. The highest BCUT2D eigenvalue weighted by Gasteiger charge is 2.11. The van der Waals surface area contributed by atoms with Crippen LogP contribution < -0.4 is 5.32 Å². The van der Waals surface area contributed by atoms with Gasteiger partial charge in [-0.3, -0.25) is 14.7 Å². The fourth-order valence-electron chi connectivity index (χ4n) is 1.46. The molecule has 0 atom stereocenters. The van der Waals surface area contributed by atoms with Gasteiger partial charge >= 0.3 is 0 Å². The average Bonchev–Trinajstić information content (AvgIpc) is 2.99. The molecule has 2 N–H and O–H groups in total. The number of anilines is 1. The van der Waals surface area contributed by atoms with E-state index in [4.69, 9.17) is 0 Å². The van der Waals surface area contributed by atoms with Gasteiger partial charge in [0.05, 0.1) is 11.1 Å². The molecule has 0 unspecified atom stereocenters. The van der Waals surface area contributed by atoms with Crippen molar-refractivity contribution in [1.29, 1.82) is 0 Å². The number of nitrogens with one attached hydrogen (secondary N) is 2. The Morgan fingerprint density at radius 3 is 2.89 bits per heavy atom. The number of rotatable bonds is 5. The predicted octanol–water partition coefficient (Wildman–Crippen LogP) is 2.38. The molecule has 2 aromatic heterocycles. The molecule has 94 valence electrons. The van der Waals surface area contributed by atoms with Gasteiger partial charge in [0.2, 0.25) is 5.91 Å². The number of H-pyrrole nitrogens is 1. The number of amides is 1. The normalized spacial score (nSPS) is 10.3. The summed E-state index contributed by atoms with van der Waals surface area (Å²) in [6.07, 6.45) is 2.03. The minimum absolute atomic E-state index is 0.00137. The van der Waals surface area contributed by atoms with Crippen molar-refractivity contribution in [2.24, 2.45) is 0 Å². The second-order valence-corrected chi connectivity index (χ2v) is 4.82. The first-order valence-electron chi connectivity index (χ1n) is 5.53. The highest BCUT2D eigenvalue weighted by atomic mass is 32.1. The van der Waals surface area contributed by atoms with Crippen LogP contribution in [0.25, 0.3) is 0 Å². The first kappa shape index (κ1) is 12.5. The highest BCUT2D eigenvalue weighted by molar-refractivity contribution is 7.12. The van der Waals surface area contributed by atoms with Crippen molar-refractivity contribution in [2.75, 3.05) is 5.32 Å². The Bertz CT molecular complexity index is 545. The number of aromatic amines is 1. The zero-order valence-electron chi connectivity index (χ0n) is 9.90. The second kappa shape index (κ2) is 5.59. The maximum absolute atomic E-state index is 11.7. The Kier molecular flexibility index (Phi) is 3.88. The molecule has 0 aromatic carbocycles. The topological polar surface area (TPSA) is 74.8 Å². The lowest BCUT2D eigenvalue weighted by Gasteiger charge is -2.02. The van der Waals surface area contributed by atoms with E-state index >= 15 is 0 Å². The van der Waals surface area contributed by atoms with Crippen LogP contribution >= 0.6 is 11.3 Å². The zero-order chi connectivity index (χ0) is 13.0. The monoisotopic (exact) mass is 263 g/mol. The van der Waals surface area contributed by atoms with Gasteiger partial charge in [0.1, 0.15) is 5.82 Å². The largest absolute Gasteiger partial charge is 0.311 e. The minimum atomic E-state index is -0.188. The van der Waals surface area contributed by atoms with Gasteiger partial charge in [0, 0.05) is 18.4 Å². The van der Waals surface area contributed by atoms with Crippen molar-refractivity contribution in [3.63, 3.8) is 0 Å². The number of carbonyl (C=O) groups excluding carboxylic acids is 2. The summed E-state index contributed by atoms with van der Waals surface area (Å²) in [5.41, 5.74) is 0.868. The molecule has 6 heteroatoms. The quantitative estimate of drug-likeness (QED) is 0.813. The molecule has 1 amide bonds. The van der Waals surface area contributed by atoms with Gasteiger partial charge in [-0.2, -0.15) is 5.10 Å². The van der Waals surface area contributed by atoms with Crippen LogP contribution in [0.3, 0.4) is 0 Å². The number of Topliss-reactive ketones (excluding diaryl/α,β-unsaturated/α-hetero) is 1. The predicted molar refractivity (Wildman–Crippen MR) is 69.8 cm³/mol. The van der Waals surface area contributed by atoms with Crippen molar-refractivity contribution < 1.29 is 9.59 Å². The van der Waals surface area contributed by atoms with Crippen LogP contribution in [0.4, 0.5) is 5.82 Å². The summed E-state index contributed by atoms with van der Waals surface area (Å²) in [7, 11) is 0. The standard InChI is InChI=1S/C12H13N3O2S/c1-8-7-13-15-12(8)14-11(17)5-4-9(16)10-3-2-6-18-10/h2-3,6-7H,4-5H2,1H3,(H2,13,14,15,17). The molecule has 2 rings (SSSR count). The molecule has 0 radical (unpaired) electrons. The molecule has 18 heavy (non-hydrogen) atoms. The molecule has 0 fully saturated rings. The SMILES string of the molecule is Cc1cn[nH]c1NC(=O)CCC(=O)c1cccs1. The van der Waals surface area contributed by atoms with E-state index in [1.54, 1.807) is 12.3 Å². The van der Waals surface area contributed by atoms with E-state index in [-0.39, 0.29) is 24.5 Å². The summed E-state index contributed by atoms with van der Waals surface area (Å²) in [5.74, 6) is 0.400. The molecule has 0 spiro atoms. The zero-order valence-corrected chi connectivity index (χ0v) is 10.7. The van der Waals surface area contributed by atoms with E-state index in [9.17, 15) is 9.59 Å². The molecular weight excluding hydrogens is 250 g/mol. The van der Waals surface area contributed by atoms with Crippen LogP contribution in [0.2, 0.25) is 0 Å². The molecule has 0 bridgehead atoms. The third-order valence-corrected chi connectivity index (χ3v) is 3.38. The van der Waals surface area contributed by atoms with Crippen LogP contribution in [0, 0.1) is 6.92 Å². The van der Waals surface area contributed by atoms with Gasteiger partial charge in [-0.05, 0) is 18.4 Å². The summed E-state index contributed by atoms with van der Waals surface area (Å²) in [6.45, 7) is 1.84. The molecular formula is C12H13N3O2S. The molecule has 2 heterocycles. The lowest BCUT2D eigenvalue weighted by Crippen LogP contribution is -2.14. The Balaban J connectivity index is 1.82. The van der Waals surface area contributed by atoms with E-state index in [0.717, 1.165) is 5.56 Å². The molecule has 0 saturated heterocycles. The Hall–Kier alpha value is -1.95. The first-order chi connectivity index (χ1) is 8.66. The maximum Gasteiger partial charge on any atom is 0.225 e. The van der Waals surface area contributed by atoms with Gasteiger partial charge < -0.3 is 5.32 Å². The average molecular weight is 263 g/mol. The van der Waals surface area contributed by atoms with E-state index < -0.39 is 0 Å². The van der Waals surface area contributed by atoms with Gasteiger partial charge in [0.15, 0.2) is 5.78 Å². The summed E-state index contributed by atoms with van der Waals surface area (Å²) in [6, 6.07) is 3.59. The van der Waals surface area contributed by atoms with Crippen LogP contribution in [-0.4, -0.2) is 21.9 Å². The number of hydrogen-bond acceptors (Lipinski definition) is 4. The van der Waals surface area contributed by atoms with Crippen molar-refractivity contribution >= 4 is 28.8 Å². The van der Waals surface area contributed by atoms with Crippen LogP contribution in [-0.2, 0) is 4.79 Å². The number of aryl methyl sites for hydroxylation is 1. The number of hydrogen-bond donors (Lipinski definition) is 2. The molecule has 2 aromatic rings. The lowest BCUT2D eigenvalue weighted by molar-refractivity contribution is -0.116. The highest BCUT2D eigenvalue weighted by Crippen LogP contribution is 2.13. The second-order valence-electron chi connectivity index (χ2n) is 3.88.